The van der Waals surface area contributed by atoms with Gasteiger partial charge in [-0.2, -0.15) is 0 Å². The maximum atomic E-state index is 12.8. The monoisotopic (exact) mass is 403 g/mol. The zero-order valence-corrected chi connectivity index (χ0v) is 19.3. The molecule has 1 aromatic heterocycles. The van der Waals surface area contributed by atoms with Gasteiger partial charge in [0.15, 0.2) is 5.78 Å². The highest BCUT2D eigenvalue weighted by Gasteiger charge is 2.19. The van der Waals surface area contributed by atoms with Gasteiger partial charge in [0.2, 0.25) is 0 Å². The molecule has 0 aliphatic rings. The molecule has 0 N–H and O–H groups in total. The van der Waals surface area contributed by atoms with Crippen LogP contribution in [0.4, 0.5) is 0 Å². The van der Waals surface area contributed by atoms with Crippen LogP contribution in [-0.4, -0.2) is 22.9 Å². The third-order valence-corrected chi connectivity index (χ3v) is 5.72. The fourth-order valence-electron chi connectivity index (χ4n) is 3.92. The summed E-state index contributed by atoms with van der Waals surface area (Å²) in [7, 11) is 1.99. The Hall–Kier alpha value is -1.84. The van der Waals surface area contributed by atoms with Crippen molar-refractivity contribution in [1.82, 2.24) is 4.57 Å². The number of carbonyl (C=O) groups excluding carboxylic acids is 2. The van der Waals surface area contributed by atoms with Crippen LogP contribution in [0.2, 0.25) is 0 Å². The van der Waals surface area contributed by atoms with Gasteiger partial charge in [0.05, 0.1) is 6.61 Å². The molecule has 164 valence electrons. The van der Waals surface area contributed by atoms with E-state index in [0.29, 0.717) is 19.4 Å². The summed E-state index contributed by atoms with van der Waals surface area (Å²) < 4.78 is 7.00. The summed E-state index contributed by atoms with van der Waals surface area (Å²) in [5.41, 5.74) is 4.01. The number of hydrogen-bond acceptors (Lipinski definition) is 3. The molecule has 0 amide bonds. The molecule has 0 aliphatic carbocycles. The van der Waals surface area contributed by atoms with E-state index in [1.807, 2.05) is 27.0 Å². The maximum absolute atomic E-state index is 12.8. The van der Waals surface area contributed by atoms with Gasteiger partial charge in [-0.25, -0.2) is 4.79 Å². The number of allylic oxidation sites excluding steroid dienone is 1. The predicted molar refractivity (Wildman–Crippen MR) is 121 cm³/mol. The predicted octanol–water partition coefficient (Wildman–Crippen LogP) is 6.41. The molecular formula is C25H41NO3. The average Bonchev–Trinajstić information content (AvgIpc) is 2.90. The smallest absolute Gasteiger partial charge is 0.330 e. The topological polar surface area (TPSA) is 48.3 Å². The maximum Gasteiger partial charge on any atom is 0.330 e. The van der Waals surface area contributed by atoms with Gasteiger partial charge in [-0.05, 0) is 32.8 Å². The summed E-state index contributed by atoms with van der Waals surface area (Å²) >= 11 is 0. The van der Waals surface area contributed by atoms with Gasteiger partial charge in [-0.1, -0.05) is 64.4 Å². The molecule has 4 nitrogen and oxygen atoms in total. The van der Waals surface area contributed by atoms with Gasteiger partial charge >= 0.3 is 5.97 Å². The van der Waals surface area contributed by atoms with Crippen LogP contribution in [0.25, 0.3) is 0 Å². The van der Waals surface area contributed by atoms with E-state index in [-0.39, 0.29) is 11.8 Å². The lowest BCUT2D eigenvalue weighted by atomic mass is 9.99. The Bertz CT molecular complexity index is 670. The fraction of sp³-hybridized carbons (Fsp3) is 0.680. The fourth-order valence-corrected chi connectivity index (χ4v) is 3.92. The van der Waals surface area contributed by atoms with Gasteiger partial charge < -0.3 is 9.30 Å². The van der Waals surface area contributed by atoms with Crippen molar-refractivity contribution < 1.29 is 14.3 Å². The Balaban J connectivity index is 2.50. The molecule has 0 spiro atoms. The van der Waals surface area contributed by atoms with E-state index >= 15 is 0 Å². The molecule has 1 rings (SSSR count). The second kappa shape index (κ2) is 14.2. The SMILES string of the molecule is CCCCCCCCCCCC(=O)c1c(C)c(C/C=C/C(=O)OCC)n(C)c1C. The third kappa shape index (κ3) is 8.59. The second-order valence-electron chi connectivity index (χ2n) is 7.95. The van der Waals surface area contributed by atoms with Crippen molar-refractivity contribution in [3.8, 4) is 0 Å². The molecule has 1 heterocycles. The van der Waals surface area contributed by atoms with Crippen LogP contribution < -0.4 is 0 Å². The lowest BCUT2D eigenvalue weighted by molar-refractivity contribution is -0.137. The minimum Gasteiger partial charge on any atom is -0.463 e. The number of aromatic nitrogens is 1. The summed E-state index contributed by atoms with van der Waals surface area (Å²) in [6.07, 6.45) is 15.8. The summed E-state index contributed by atoms with van der Waals surface area (Å²) in [5, 5.41) is 0. The Morgan fingerprint density at radius 3 is 2.10 bits per heavy atom. The van der Waals surface area contributed by atoms with Crippen LogP contribution in [0.3, 0.4) is 0 Å². The van der Waals surface area contributed by atoms with Crippen LogP contribution in [0.5, 0.6) is 0 Å². The van der Waals surface area contributed by atoms with Crippen LogP contribution >= 0.6 is 0 Å². The van der Waals surface area contributed by atoms with Gasteiger partial charge in [0.1, 0.15) is 0 Å². The number of carbonyl (C=O) groups is 2. The number of hydrogen-bond donors (Lipinski definition) is 0. The number of nitrogens with zero attached hydrogens (tertiary/aromatic N) is 1. The van der Waals surface area contributed by atoms with Crippen molar-refractivity contribution in [2.75, 3.05) is 6.61 Å². The van der Waals surface area contributed by atoms with E-state index in [0.717, 1.165) is 35.4 Å². The number of ether oxygens (including phenoxy) is 1. The molecule has 1 aromatic rings. The first kappa shape index (κ1) is 25.2. The van der Waals surface area contributed by atoms with E-state index in [4.69, 9.17) is 4.74 Å². The molecule has 0 bridgehead atoms. The minimum absolute atomic E-state index is 0.249. The molecule has 0 aromatic carbocycles. The van der Waals surface area contributed by atoms with Gasteiger partial charge in [-0.15, -0.1) is 0 Å². The molecule has 0 fully saturated rings. The summed E-state index contributed by atoms with van der Waals surface area (Å²) in [5.74, 6) is -0.0723. The lowest BCUT2D eigenvalue weighted by Crippen LogP contribution is -2.03. The highest BCUT2D eigenvalue weighted by atomic mass is 16.5. The second-order valence-corrected chi connectivity index (χ2v) is 7.95. The quantitative estimate of drug-likeness (QED) is 0.147. The number of Topliss-reactive ketones (excluding diaryl/α,β-unsaturated/α-hetero) is 1. The highest BCUT2D eigenvalue weighted by molar-refractivity contribution is 5.99. The van der Waals surface area contributed by atoms with E-state index in [1.54, 1.807) is 6.92 Å². The normalized spacial score (nSPS) is 11.3. The van der Waals surface area contributed by atoms with Crippen LogP contribution in [0, 0.1) is 13.8 Å². The van der Waals surface area contributed by atoms with E-state index in [9.17, 15) is 9.59 Å². The third-order valence-electron chi connectivity index (χ3n) is 5.72. The molecule has 29 heavy (non-hydrogen) atoms. The summed E-state index contributed by atoms with van der Waals surface area (Å²) in [6, 6.07) is 0. The van der Waals surface area contributed by atoms with Crippen molar-refractivity contribution in [3.63, 3.8) is 0 Å². The van der Waals surface area contributed by atoms with E-state index in [1.165, 1.54) is 51.0 Å². The summed E-state index contributed by atoms with van der Waals surface area (Å²) in [4.78, 5) is 24.3. The number of esters is 1. The largest absolute Gasteiger partial charge is 0.463 e. The lowest BCUT2D eigenvalue weighted by Gasteiger charge is -2.04. The molecule has 0 radical (unpaired) electrons. The van der Waals surface area contributed by atoms with Crippen molar-refractivity contribution in [2.24, 2.45) is 7.05 Å². The average molecular weight is 404 g/mol. The minimum atomic E-state index is -0.322. The first-order valence-corrected chi connectivity index (χ1v) is 11.4. The summed E-state index contributed by atoms with van der Waals surface area (Å²) in [6.45, 7) is 8.44. The molecular weight excluding hydrogens is 362 g/mol. The van der Waals surface area contributed by atoms with Gasteiger partial charge in [0.25, 0.3) is 0 Å². The van der Waals surface area contributed by atoms with Crippen molar-refractivity contribution in [1.29, 1.82) is 0 Å². The zero-order valence-electron chi connectivity index (χ0n) is 19.3. The highest BCUT2D eigenvalue weighted by Crippen LogP contribution is 2.24. The van der Waals surface area contributed by atoms with Crippen LogP contribution in [0.1, 0.15) is 105 Å². The molecule has 0 aliphatic heterocycles. The number of ketones is 1. The van der Waals surface area contributed by atoms with Gasteiger partial charge in [-0.3, -0.25) is 4.79 Å². The zero-order chi connectivity index (χ0) is 21.6. The first-order chi connectivity index (χ1) is 13.9. The first-order valence-electron chi connectivity index (χ1n) is 11.4. The molecule has 4 heteroatoms. The number of rotatable bonds is 15. The molecule has 0 atom stereocenters. The molecule has 0 unspecified atom stereocenters. The Labute approximate surface area is 177 Å². The standard InChI is InChI=1S/C25H41NO3/c1-6-8-9-10-11-12-13-14-15-18-23(27)25-20(3)22(26(5)21(25)4)17-16-19-24(28)29-7-2/h16,19H,6-15,17-18H2,1-5H3/b19-16+. The number of unbranched alkanes of at least 4 members (excludes halogenated alkanes) is 8. The van der Waals surface area contributed by atoms with Crippen molar-refractivity contribution in [3.05, 3.63) is 34.7 Å². The molecule has 0 saturated carbocycles. The van der Waals surface area contributed by atoms with E-state index in [2.05, 4.69) is 11.5 Å². The van der Waals surface area contributed by atoms with Crippen molar-refractivity contribution >= 4 is 11.8 Å². The Morgan fingerprint density at radius 2 is 1.52 bits per heavy atom. The van der Waals surface area contributed by atoms with Gasteiger partial charge in [0, 0.05) is 42.9 Å². The van der Waals surface area contributed by atoms with E-state index < -0.39 is 0 Å². The van der Waals surface area contributed by atoms with Crippen molar-refractivity contribution in [2.45, 2.75) is 98.3 Å². The van der Waals surface area contributed by atoms with Crippen LogP contribution in [0.15, 0.2) is 12.2 Å². The Morgan fingerprint density at radius 1 is 0.931 bits per heavy atom. The van der Waals surface area contributed by atoms with Crippen LogP contribution in [-0.2, 0) is 23.0 Å². The Kier molecular flexibility index (Phi) is 12.3. The molecule has 0 saturated heterocycles.